The highest BCUT2D eigenvalue weighted by Crippen LogP contribution is 2.37. The van der Waals surface area contributed by atoms with Crippen molar-refractivity contribution in [2.75, 3.05) is 20.3 Å². The Morgan fingerprint density at radius 1 is 1.50 bits per heavy atom. The molecule has 1 aliphatic rings. The van der Waals surface area contributed by atoms with Gasteiger partial charge in [0.15, 0.2) is 0 Å². The van der Waals surface area contributed by atoms with Crippen LogP contribution in [0.4, 0.5) is 0 Å². The van der Waals surface area contributed by atoms with Gasteiger partial charge in [-0.05, 0) is 46.6 Å². The first-order valence-corrected chi connectivity index (χ1v) is 9.22. The molecule has 0 fully saturated rings. The van der Waals surface area contributed by atoms with Crippen LogP contribution < -0.4 is 5.32 Å². The highest BCUT2D eigenvalue weighted by molar-refractivity contribution is 9.10. The van der Waals surface area contributed by atoms with Crippen molar-refractivity contribution in [3.05, 3.63) is 36.4 Å². The third kappa shape index (κ3) is 2.99. The van der Waals surface area contributed by atoms with Crippen LogP contribution in [0.2, 0.25) is 0 Å². The molecule has 2 heterocycles. The van der Waals surface area contributed by atoms with E-state index in [2.05, 4.69) is 32.7 Å². The molecule has 1 unspecified atom stereocenters. The first-order valence-electron chi connectivity index (χ1n) is 6.73. The molecule has 2 aromatic rings. The molecular weight excluding hydrogens is 356 g/mol. The minimum Gasteiger partial charge on any atom is -0.383 e. The molecule has 20 heavy (non-hydrogen) atoms. The van der Waals surface area contributed by atoms with Gasteiger partial charge in [0.25, 0.3) is 0 Å². The maximum absolute atomic E-state index is 5.15. The highest BCUT2D eigenvalue weighted by atomic mass is 79.9. The minimum atomic E-state index is 0.176. The summed E-state index contributed by atoms with van der Waals surface area (Å²) >= 11 is 7.28. The summed E-state index contributed by atoms with van der Waals surface area (Å²) in [5.41, 5.74) is 1.32. The predicted octanol–water partition coefficient (Wildman–Crippen LogP) is 3.78. The summed E-state index contributed by atoms with van der Waals surface area (Å²) in [6.07, 6.45) is 3.60. The SMILES string of the molecule is COCCNC(c1nc2c(s1)CCC2)c1sccc1Br. The van der Waals surface area contributed by atoms with Gasteiger partial charge in [0.05, 0.1) is 18.3 Å². The van der Waals surface area contributed by atoms with E-state index in [4.69, 9.17) is 9.72 Å². The maximum Gasteiger partial charge on any atom is 0.116 e. The van der Waals surface area contributed by atoms with E-state index in [1.54, 1.807) is 18.4 Å². The summed E-state index contributed by atoms with van der Waals surface area (Å²) in [5.74, 6) is 0. The molecule has 0 aromatic carbocycles. The molecule has 1 aliphatic carbocycles. The lowest BCUT2D eigenvalue weighted by Crippen LogP contribution is -2.25. The van der Waals surface area contributed by atoms with Gasteiger partial charge in [0.1, 0.15) is 5.01 Å². The van der Waals surface area contributed by atoms with Gasteiger partial charge in [-0.1, -0.05) is 0 Å². The number of fused-ring (bicyclic) bond motifs is 1. The predicted molar refractivity (Wildman–Crippen MR) is 87.9 cm³/mol. The standard InChI is InChI=1S/C14H17BrN2OS2/c1-18-7-6-16-12(13-9(15)5-8-19-13)14-17-10-3-2-4-11(10)20-14/h5,8,12,16H,2-4,6-7H2,1H3. The Balaban J connectivity index is 1.86. The van der Waals surface area contributed by atoms with Crippen molar-refractivity contribution in [3.63, 3.8) is 0 Å². The number of hydrogen-bond acceptors (Lipinski definition) is 5. The Bertz CT molecular complexity index is 560. The van der Waals surface area contributed by atoms with Gasteiger partial charge in [-0.3, -0.25) is 0 Å². The summed E-state index contributed by atoms with van der Waals surface area (Å²) < 4.78 is 6.31. The quantitative estimate of drug-likeness (QED) is 0.783. The van der Waals surface area contributed by atoms with E-state index >= 15 is 0 Å². The van der Waals surface area contributed by atoms with Gasteiger partial charge >= 0.3 is 0 Å². The largest absolute Gasteiger partial charge is 0.383 e. The molecule has 0 saturated carbocycles. The number of nitrogens with zero attached hydrogens (tertiary/aromatic N) is 1. The minimum absolute atomic E-state index is 0.176. The normalized spacial score (nSPS) is 15.5. The van der Waals surface area contributed by atoms with Crippen molar-refractivity contribution in [2.45, 2.75) is 25.3 Å². The Morgan fingerprint density at radius 3 is 3.10 bits per heavy atom. The van der Waals surface area contributed by atoms with Crippen LogP contribution in [0.15, 0.2) is 15.9 Å². The average molecular weight is 373 g/mol. The van der Waals surface area contributed by atoms with E-state index in [1.807, 2.05) is 11.3 Å². The Morgan fingerprint density at radius 2 is 2.40 bits per heavy atom. The molecule has 0 radical (unpaired) electrons. The van der Waals surface area contributed by atoms with Gasteiger partial charge in [-0.15, -0.1) is 22.7 Å². The van der Waals surface area contributed by atoms with Crippen LogP contribution in [0.5, 0.6) is 0 Å². The Labute approximate surface area is 135 Å². The Hall–Kier alpha value is -0.270. The van der Waals surface area contributed by atoms with E-state index in [0.29, 0.717) is 6.61 Å². The van der Waals surface area contributed by atoms with Crippen LogP contribution in [0.3, 0.4) is 0 Å². The summed E-state index contributed by atoms with van der Waals surface area (Å²) in [5, 5.41) is 6.88. The highest BCUT2D eigenvalue weighted by Gasteiger charge is 2.25. The zero-order valence-electron chi connectivity index (χ0n) is 11.3. The van der Waals surface area contributed by atoms with Crippen LogP contribution in [-0.4, -0.2) is 25.2 Å². The van der Waals surface area contributed by atoms with Gasteiger partial charge in [0, 0.05) is 27.9 Å². The summed E-state index contributed by atoms with van der Waals surface area (Å²) in [6, 6.07) is 2.28. The first kappa shape index (κ1) is 14.7. The average Bonchev–Trinajstić information content (AvgIpc) is 3.10. The zero-order chi connectivity index (χ0) is 13.9. The molecule has 0 spiro atoms. The monoisotopic (exact) mass is 372 g/mol. The second-order valence-corrected chi connectivity index (χ2v) is 7.71. The number of aryl methyl sites for hydroxylation is 2. The van der Waals surface area contributed by atoms with E-state index in [-0.39, 0.29) is 6.04 Å². The topological polar surface area (TPSA) is 34.1 Å². The third-order valence-corrected chi connectivity index (χ3v) is 6.58. The van der Waals surface area contributed by atoms with Crippen molar-refractivity contribution in [1.29, 1.82) is 0 Å². The molecule has 3 nitrogen and oxygen atoms in total. The number of halogens is 1. The van der Waals surface area contributed by atoms with Gasteiger partial charge in [-0.2, -0.15) is 0 Å². The number of hydrogen-bond donors (Lipinski definition) is 1. The summed E-state index contributed by atoms with van der Waals surface area (Å²) in [7, 11) is 1.73. The van der Waals surface area contributed by atoms with Crippen LogP contribution in [0.1, 0.15) is 32.9 Å². The van der Waals surface area contributed by atoms with Crippen LogP contribution >= 0.6 is 38.6 Å². The lowest BCUT2D eigenvalue weighted by Gasteiger charge is -2.15. The number of thiophene rings is 1. The fourth-order valence-electron chi connectivity index (χ4n) is 2.44. The van der Waals surface area contributed by atoms with E-state index in [0.717, 1.165) is 17.4 Å². The number of methoxy groups -OCH3 is 1. The molecular formula is C14H17BrN2OS2. The van der Waals surface area contributed by atoms with Crippen molar-refractivity contribution in [3.8, 4) is 0 Å². The smallest absolute Gasteiger partial charge is 0.116 e. The van der Waals surface area contributed by atoms with Crippen molar-refractivity contribution in [2.24, 2.45) is 0 Å². The second kappa shape index (κ2) is 6.66. The van der Waals surface area contributed by atoms with Gasteiger partial charge in [0.2, 0.25) is 0 Å². The molecule has 6 heteroatoms. The lowest BCUT2D eigenvalue weighted by molar-refractivity contribution is 0.197. The molecule has 0 saturated heterocycles. The molecule has 0 aliphatic heterocycles. The first-order chi connectivity index (χ1) is 9.79. The van der Waals surface area contributed by atoms with Crippen LogP contribution in [0, 0.1) is 0 Å². The van der Waals surface area contributed by atoms with Gasteiger partial charge < -0.3 is 10.1 Å². The molecule has 0 amide bonds. The lowest BCUT2D eigenvalue weighted by atomic mass is 10.2. The van der Waals surface area contributed by atoms with Crippen LogP contribution in [-0.2, 0) is 17.6 Å². The van der Waals surface area contributed by atoms with Crippen molar-refractivity contribution >= 4 is 38.6 Å². The molecule has 1 atom stereocenters. The number of rotatable bonds is 6. The van der Waals surface area contributed by atoms with Crippen molar-refractivity contribution in [1.82, 2.24) is 10.3 Å². The summed E-state index contributed by atoms with van der Waals surface area (Å²) in [4.78, 5) is 7.65. The van der Waals surface area contributed by atoms with Gasteiger partial charge in [-0.25, -0.2) is 4.98 Å². The Kier molecular flexibility index (Phi) is 4.88. The van der Waals surface area contributed by atoms with E-state index in [9.17, 15) is 0 Å². The third-order valence-electron chi connectivity index (χ3n) is 3.42. The number of nitrogens with one attached hydrogen (secondary N) is 1. The molecule has 0 bridgehead atoms. The molecule has 1 N–H and O–H groups in total. The van der Waals surface area contributed by atoms with E-state index < -0.39 is 0 Å². The number of thiazole rings is 1. The summed E-state index contributed by atoms with van der Waals surface area (Å²) in [6.45, 7) is 1.54. The number of aromatic nitrogens is 1. The molecule has 108 valence electrons. The maximum atomic E-state index is 5.15. The van der Waals surface area contributed by atoms with Crippen molar-refractivity contribution < 1.29 is 4.74 Å². The number of ether oxygens (including phenoxy) is 1. The second-order valence-electron chi connectivity index (χ2n) is 4.79. The molecule has 2 aromatic heterocycles. The zero-order valence-corrected chi connectivity index (χ0v) is 14.5. The molecule has 3 rings (SSSR count). The fraction of sp³-hybridized carbons (Fsp3) is 0.500. The van der Waals surface area contributed by atoms with Crippen LogP contribution in [0.25, 0.3) is 0 Å². The van der Waals surface area contributed by atoms with E-state index in [1.165, 1.54) is 33.3 Å². The fourth-order valence-corrected chi connectivity index (χ4v) is 5.44.